The standard InChI is InChI=1S/C23H24N2O4S.ClH/c1-25-8-7-13-5-6-17(30-18(13)11-25)19-14(12-3-4-12)9-15-20(22(19)29-2)24-10-16(21(15)26)23(27)28;/h6,9-13H,3-5,7-8H2,1-2H3,(H,24,26)(H,27,28);1H. The van der Waals surface area contributed by atoms with Gasteiger partial charge in [0.25, 0.3) is 0 Å². The molecule has 1 saturated carbocycles. The number of halogens is 1. The zero-order valence-electron chi connectivity index (χ0n) is 17.4. The number of allylic oxidation sites excluding steroid dienone is 2. The Kier molecular flexibility index (Phi) is 5.83. The zero-order chi connectivity index (χ0) is 21.0. The van der Waals surface area contributed by atoms with E-state index in [1.807, 2.05) is 6.07 Å². The number of nitrogens with one attached hydrogen (secondary N) is 1. The van der Waals surface area contributed by atoms with Gasteiger partial charge in [-0.25, -0.2) is 4.79 Å². The molecule has 1 aliphatic carbocycles. The molecule has 5 rings (SSSR count). The van der Waals surface area contributed by atoms with E-state index in [9.17, 15) is 14.7 Å². The summed E-state index contributed by atoms with van der Waals surface area (Å²) < 4.78 is 5.84. The van der Waals surface area contributed by atoms with Gasteiger partial charge >= 0.3 is 5.97 Å². The second kappa shape index (κ2) is 8.28. The number of thioether (sulfide) groups is 1. The number of fused-ring (bicyclic) bond motifs is 2. The van der Waals surface area contributed by atoms with Gasteiger partial charge < -0.3 is 19.7 Å². The summed E-state index contributed by atoms with van der Waals surface area (Å²) in [6, 6.07) is 1.89. The summed E-state index contributed by atoms with van der Waals surface area (Å²) in [5.41, 5.74) is 1.98. The number of benzene rings is 1. The van der Waals surface area contributed by atoms with Gasteiger partial charge in [-0.3, -0.25) is 4.79 Å². The van der Waals surface area contributed by atoms with E-state index in [1.54, 1.807) is 18.9 Å². The van der Waals surface area contributed by atoms with Crippen LogP contribution in [0.3, 0.4) is 0 Å². The third-order valence-corrected chi connectivity index (χ3v) is 7.52. The summed E-state index contributed by atoms with van der Waals surface area (Å²) in [5, 5.41) is 9.74. The highest BCUT2D eigenvalue weighted by molar-refractivity contribution is 8.11. The average molecular weight is 461 g/mol. The first kappa shape index (κ1) is 21.8. The number of carboxylic acid groups (broad SMARTS) is 1. The Labute approximate surface area is 190 Å². The number of hydrogen-bond donors (Lipinski definition) is 2. The Morgan fingerprint density at radius 1 is 1.29 bits per heavy atom. The maximum Gasteiger partial charge on any atom is 0.341 e. The fourth-order valence-corrected chi connectivity index (χ4v) is 5.85. The number of methoxy groups -OCH3 is 1. The number of hydrogen-bond acceptors (Lipinski definition) is 5. The molecule has 1 aromatic carbocycles. The lowest BCUT2D eigenvalue weighted by Gasteiger charge is -2.33. The van der Waals surface area contributed by atoms with Gasteiger partial charge in [-0.15, -0.1) is 12.4 Å². The van der Waals surface area contributed by atoms with Crippen LogP contribution in [0.15, 0.2) is 34.2 Å². The van der Waals surface area contributed by atoms with Gasteiger partial charge in [0.1, 0.15) is 5.56 Å². The summed E-state index contributed by atoms with van der Waals surface area (Å²) in [5.74, 6) is 0.363. The summed E-state index contributed by atoms with van der Waals surface area (Å²) >= 11 is 1.80. The number of aromatic nitrogens is 1. The molecular weight excluding hydrogens is 436 g/mol. The fraction of sp³-hybridized carbons (Fsp3) is 0.391. The van der Waals surface area contributed by atoms with E-state index in [2.05, 4.69) is 29.2 Å². The van der Waals surface area contributed by atoms with Crippen LogP contribution < -0.4 is 10.2 Å². The van der Waals surface area contributed by atoms with Crippen molar-refractivity contribution in [2.75, 3.05) is 20.7 Å². The molecule has 3 heterocycles. The number of aromatic carboxylic acids is 1. The molecule has 2 aliphatic heterocycles. The molecule has 8 heteroatoms. The number of aromatic amines is 1. The normalized spacial score (nSPS) is 20.5. The van der Waals surface area contributed by atoms with Gasteiger partial charge in [-0.1, -0.05) is 17.8 Å². The van der Waals surface area contributed by atoms with E-state index in [-0.39, 0.29) is 18.0 Å². The summed E-state index contributed by atoms with van der Waals surface area (Å²) in [6.07, 6.45) is 10.1. The maximum atomic E-state index is 12.9. The van der Waals surface area contributed by atoms with Crippen LogP contribution >= 0.6 is 24.2 Å². The SMILES string of the molecule is COc1c(C2=CCC3CCN(C)C=C3S2)c(C2CC2)cc2c(=O)c(C(=O)O)c[nH]c12.Cl. The minimum Gasteiger partial charge on any atom is -0.494 e. The number of rotatable bonds is 4. The minimum atomic E-state index is -1.22. The Bertz CT molecular complexity index is 1180. The van der Waals surface area contributed by atoms with Crippen molar-refractivity contribution >= 4 is 45.9 Å². The van der Waals surface area contributed by atoms with Crippen molar-refractivity contribution in [3.8, 4) is 5.75 Å². The van der Waals surface area contributed by atoms with Gasteiger partial charge in [-0.05, 0) is 49.1 Å². The van der Waals surface area contributed by atoms with Gasteiger partial charge in [0, 0.05) is 41.4 Å². The molecule has 6 nitrogen and oxygen atoms in total. The van der Waals surface area contributed by atoms with Crippen LogP contribution in [0.25, 0.3) is 15.8 Å². The molecule has 1 aromatic heterocycles. The molecule has 0 spiro atoms. The van der Waals surface area contributed by atoms with Crippen molar-refractivity contribution in [1.82, 2.24) is 9.88 Å². The molecule has 1 fully saturated rings. The van der Waals surface area contributed by atoms with Crippen LogP contribution in [0.1, 0.15) is 53.1 Å². The highest BCUT2D eigenvalue weighted by atomic mass is 35.5. The molecule has 0 bridgehead atoms. The predicted molar refractivity (Wildman–Crippen MR) is 126 cm³/mol. The Morgan fingerprint density at radius 3 is 2.74 bits per heavy atom. The van der Waals surface area contributed by atoms with E-state index < -0.39 is 11.4 Å². The number of nitrogens with zero attached hydrogens (tertiary/aromatic N) is 1. The minimum absolute atomic E-state index is 0. The summed E-state index contributed by atoms with van der Waals surface area (Å²) in [6.45, 7) is 1.08. The molecule has 0 saturated heterocycles. The largest absolute Gasteiger partial charge is 0.494 e. The topological polar surface area (TPSA) is 82.6 Å². The molecule has 2 N–H and O–H groups in total. The molecule has 0 radical (unpaired) electrons. The van der Waals surface area contributed by atoms with Crippen LogP contribution in [-0.4, -0.2) is 41.7 Å². The van der Waals surface area contributed by atoms with E-state index >= 15 is 0 Å². The van der Waals surface area contributed by atoms with E-state index in [0.717, 1.165) is 48.3 Å². The number of H-pyrrole nitrogens is 1. The Hall–Kier alpha value is -2.38. The van der Waals surface area contributed by atoms with Crippen molar-refractivity contribution in [1.29, 1.82) is 0 Å². The third kappa shape index (κ3) is 3.74. The molecular formula is C23H25ClN2O4S. The highest BCUT2D eigenvalue weighted by Gasteiger charge is 2.34. The van der Waals surface area contributed by atoms with Crippen LogP contribution in [0.2, 0.25) is 0 Å². The van der Waals surface area contributed by atoms with E-state index in [4.69, 9.17) is 4.74 Å². The van der Waals surface area contributed by atoms with E-state index in [1.165, 1.54) is 11.1 Å². The molecule has 3 aliphatic rings. The zero-order valence-corrected chi connectivity index (χ0v) is 19.1. The summed E-state index contributed by atoms with van der Waals surface area (Å²) in [7, 11) is 3.72. The number of carbonyl (C=O) groups is 1. The van der Waals surface area contributed by atoms with Crippen molar-refractivity contribution in [2.45, 2.75) is 31.6 Å². The molecule has 1 atom stereocenters. The molecule has 0 amide bonds. The predicted octanol–water partition coefficient (Wildman–Crippen LogP) is 4.81. The lowest BCUT2D eigenvalue weighted by molar-refractivity contribution is 0.0695. The third-order valence-electron chi connectivity index (χ3n) is 6.26. The van der Waals surface area contributed by atoms with Crippen LogP contribution in [0, 0.1) is 5.92 Å². The molecule has 1 unspecified atom stereocenters. The van der Waals surface area contributed by atoms with Gasteiger partial charge in [0.2, 0.25) is 5.43 Å². The number of carboxylic acids is 1. The summed E-state index contributed by atoms with van der Waals surface area (Å²) in [4.78, 5) is 32.1. The highest BCUT2D eigenvalue weighted by Crippen LogP contribution is 2.54. The smallest absolute Gasteiger partial charge is 0.341 e. The quantitative estimate of drug-likeness (QED) is 0.681. The first-order valence-electron chi connectivity index (χ1n) is 10.3. The number of pyridine rings is 1. The molecule has 31 heavy (non-hydrogen) atoms. The first-order chi connectivity index (χ1) is 14.5. The second-order valence-electron chi connectivity index (χ2n) is 8.31. The Balaban J connectivity index is 0.00000231. The lowest BCUT2D eigenvalue weighted by atomic mass is 9.94. The Morgan fingerprint density at radius 2 is 2.06 bits per heavy atom. The monoisotopic (exact) mass is 460 g/mol. The fourth-order valence-electron chi connectivity index (χ4n) is 4.49. The van der Waals surface area contributed by atoms with Gasteiger partial charge in [0.05, 0.1) is 18.0 Å². The first-order valence-corrected chi connectivity index (χ1v) is 11.1. The molecule has 2 aromatic rings. The lowest BCUT2D eigenvalue weighted by Crippen LogP contribution is -2.24. The average Bonchev–Trinajstić information content (AvgIpc) is 3.57. The number of ether oxygens (including phenoxy) is 1. The van der Waals surface area contributed by atoms with Crippen LogP contribution in [0.4, 0.5) is 0 Å². The van der Waals surface area contributed by atoms with Crippen molar-refractivity contribution in [3.05, 3.63) is 56.4 Å². The maximum absolute atomic E-state index is 12.9. The van der Waals surface area contributed by atoms with Crippen LogP contribution in [0.5, 0.6) is 5.75 Å². The van der Waals surface area contributed by atoms with Crippen molar-refractivity contribution in [2.24, 2.45) is 5.92 Å². The molecule has 164 valence electrons. The second-order valence-corrected chi connectivity index (χ2v) is 9.43. The van der Waals surface area contributed by atoms with Gasteiger partial charge in [-0.2, -0.15) is 0 Å². The van der Waals surface area contributed by atoms with Gasteiger partial charge in [0.15, 0.2) is 5.75 Å². The van der Waals surface area contributed by atoms with Crippen molar-refractivity contribution < 1.29 is 14.6 Å². The van der Waals surface area contributed by atoms with Crippen molar-refractivity contribution in [3.63, 3.8) is 0 Å². The van der Waals surface area contributed by atoms with E-state index in [0.29, 0.717) is 28.5 Å². The van der Waals surface area contributed by atoms with Crippen LogP contribution in [-0.2, 0) is 0 Å².